The molecule has 118 valence electrons. The molecule has 0 aliphatic heterocycles. The van der Waals surface area contributed by atoms with Gasteiger partial charge in [0.15, 0.2) is 5.84 Å². The normalized spacial score (nSPS) is 12.2. The monoisotopic (exact) mass is 313 g/mol. The highest BCUT2D eigenvalue weighted by Crippen LogP contribution is 2.19. The summed E-state index contributed by atoms with van der Waals surface area (Å²) < 4.78 is 0. The zero-order valence-electron chi connectivity index (χ0n) is 13.6. The zero-order valence-corrected chi connectivity index (χ0v) is 13.6. The predicted octanol–water partition coefficient (Wildman–Crippen LogP) is 4.14. The molecule has 0 radical (unpaired) electrons. The maximum absolute atomic E-state index is 6.17. The van der Waals surface area contributed by atoms with E-state index in [1.165, 1.54) is 5.56 Å². The fourth-order valence-electron chi connectivity index (χ4n) is 2.47. The number of amidine groups is 2. The molecule has 0 atom stereocenters. The Morgan fingerprint density at radius 2 is 1.21 bits per heavy atom. The van der Waals surface area contributed by atoms with Crippen LogP contribution in [0.1, 0.15) is 11.1 Å². The van der Waals surface area contributed by atoms with Crippen LogP contribution < -0.4 is 5.73 Å². The first-order chi connectivity index (χ1) is 11.8. The van der Waals surface area contributed by atoms with E-state index in [-0.39, 0.29) is 0 Å². The second-order valence-electron chi connectivity index (χ2n) is 5.35. The van der Waals surface area contributed by atoms with Gasteiger partial charge in [-0.2, -0.15) is 0 Å². The van der Waals surface area contributed by atoms with E-state index in [1.807, 2.05) is 60.7 Å². The van der Waals surface area contributed by atoms with E-state index in [9.17, 15) is 0 Å². The number of aliphatic imine (C=N–C) groups is 2. The van der Waals surface area contributed by atoms with Crippen LogP contribution in [0.3, 0.4) is 0 Å². The van der Waals surface area contributed by atoms with Gasteiger partial charge in [0.2, 0.25) is 0 Å². The molecule has 3 heteroatoms. The molecule has 0 saturated carbocycles. The van der Waals surface area contributed by atoms with Crippen molar-refractivity contribution in [2.24, 2.45) is 15.7 Å². The van der Waals surface area contributed by atoms with Gasteiger partial charge in [-0.25, -0.2) is 4.99 Å². The summed E-state index contributed by atoms with van der Waals surface area (Å²) in [5, 5.41) is 0. The molecule has 3 nitrogen and oxygen atoms in total. The van der Waals surface area contributed by atoms with E-state index < -0.39 is 0 Å². The maximum Gasteiger partial charge on any atom is 0.156 e. The molecule has 0 aliphatic rings. The van der Waals surface area contributed by atoms with Crippen molar-refractivity contribution in [3.8, 4) is 11.1 Å². The van der Waals surface area contributed by atoms with Crippen LogP contribution in [-0.4, -0.2) is 18.7 Å². The Bertz CT molecular complexity index is 849. The molecule has 0 spiro atoms. The molecule has 0 heterocycles. The number of rotatable bonds is 3. The Kier molecular flexibility index (Phi) is 4.82. The Morgan fingerprint density at radius 1 is 0.667 bits per heavy atom. The minimum Gasteiger partial charge on any atom is -0.383 e. The van der Waals surface area contributed by atoms with Crippen molar-refractivity contribution in [1.82, 2.24) is 0 Å². The van der Waals surface area contributed by atoms with Crippen molar-refractivity contribution in [2.75, 3.05) is 7.05 Å². The molecule has 0 saturated heterocycles. The first-order valence-electron chi connectivity index (χ1n) is 7.80. The average Bonchev–Trinajstić information content (AvgIpc) is 2.67. The molecular weight excluding hydrogens is 294 g/mol. The number of hydrogen-bond donors (Lipinski definition) is 1. The Balaban J connectivity index is 1.86. The second kappa shape index (κ2) is 7.38. The van der Waals surface area contributed by atoms with Gasteiger partial charge >= 0.3 is 0 Å². The van der Waals surface area contributed by atoms with Crippen molar-refractivity contribution in [1.29, 1.82) is 0 Å². The minimum atomic E-state index is 0.457. The third-order valence-electron chi connectivity index (χ3n) is 3.76. The zero-order chi connectivity index (χ0) is 16.8. The van der Waals surface area contributed by atoms with Gasteiger partial charge in [0, 0.05) is 18.2 Å². The number of nitrogens with two attached hydrogens (primary N) is 1. The molecule has 0 unspecified atom stereocenters. The van der Waals surface area contributed by atoms with Crippen molar-refractivity contribution in [3.63, 3.8) is 0 Å². The Morgan fingerprint density at radius 3 is 1.79 bits per heavy atom. The van der Waals surface area contributed by atoms with Crippen LogP contribution in [0.5, 0.6) is 0 Å². The van der Waals surface area contributed by atoms with Gasteiger partial charge in [0.05, 0.1) is 0 Å². The molecule has 0 aromatic heterocycles. The van der Waals surface area contributed by atoms with E-state index >= 15 is 0 Å². The third kappa shape index (κ3) is 3.58. The highest BCUT2D eigenvalue weighted by atomic mass is 14.9. The lowest BCUT2D eigenvalue weighted by atomic mass is 10.0. The molecule has 3 aromatic carbocycles. The summed E-state index contributed by atoms with van der Waals surface area (Å²) in [5.74, 6) is 1.08. The molecular formula is C21H19N3. The highest BCUT2D eigenvalue weighted by molar-refractivity contribution is 6.10. The van der Waals surface area contributed by atoms with E-state index in [0.29, 0.717) is 11.7 Å². The van der Waals surface area contributed by atoms with Crippen LogP contribution in [0.4, 0.5) is 0 Å². The van der Waals surface area contributed by atoms with Crippen LogP contribution in [-0.2, 0) is 0 Å². The molecule has 24 heavy (non-hydrogen) atoms. The van der Waals surface area contributed by atoms with E-state index in [2.05, 4.69) is 34.3 Å². The van der Waals surface area contributed by atoms with Gasteiger partial charge in [-0.1, -0.05) is 84.9 Å². The van der Waals surface area contributed by atoms with Crippen molar-refractivity contribution in [3.05, 3.63) is 96.1 Å². The minimum absolute atomic E-state index is 0.457. The molecule has 3 rings (SSSR count). The first-order valence-corrected chi connectivity index (χ1v) is 7.80. The largest absolute Gasteiger partial charge is 0.383 e. The van der Waals surface area contributed by atoms with Crippen LogP contribution in [0.15, 0.2) is 94.9 Å². The van der Waals surface area contributed by atoms with Crippen LogP contribution in [0.2, 0.25) is 0 Å². The summed E-state index contributed by atoms with van der Waals surface area (Å²) in [7, 11) is 1.72. The quantitative estimate of drug-likeness (QED) is 0.573. The van der Waals surface area contributed by atoms with Crippen molar-refractivity contribution < 1.29 is 0 Å². The smallest absolute Gasteiger partial charge is 0.156 e. The lowest BCUT2D eigenvalue weighted by Crippen LogP contribution is -2.16. The summed E-state index contributed by atoms with van der Waals surface area (Å²) in [6, 6.07) is 28.1. The fraction of sp³-hybridized carbons (Fsp3) is 0.0476. The summed E-state index contributed by atoms with van der Waals surface area (Å²) >= 11 is 0. The van der Waals surface area contributed by atoms with Gasteiger partial charge in [0.1, 0.15) is 5.84 Å². The maximum atomic E-state index is 6.17. The van der Waals surface area contributed by atoms with Gasteiger partial charge in [-0.3, -0.25) is 4.99 Å². The fourth-order valence-corrected chi connectivity index (χ4v) is 2.47. The van der Waals surface area contributed by atoms with E-state index in [0.717, 1.165) is 16.7 Å². The Labute approximate surface area is 142 Å². The summed E-state index contributed by atoms with van der Waals surface area (Å²) in [4.78, 5) is 8.72. The summed E-state index contributed by atoms with van der Waals surface area (Å²) in [6.07, 6.45) is 0. The van der Waals surface area contributed by atoms with Gasteiger partial charge in [-0.15, -0.1) is 0 Å². The van der Waals surface area contributed by atoms with Crippen LogP contribution in [0, 0.1) is 0 Å². The van der Waals surface area contributed by atoms with Crippen molar-refractivity contribution in [2.45, 2.75) is 0 Å². The SMILES string of the molecule is C/N=C(\N=C(/N)c1ccc(-c2ccccc2)cc1)c1ccccc1. The number of hydrogen-bond acceptors (Lipinski definition) is 1. The lowest BCUT2D eigenvalue weighted by Gasteiger charge is -2.06. The van der Waals surface area contributed by atoms with Gasteiger partial charge in [-0.05, 0) is 11.1 Å². The average molecular weight is 313 g/mol. The molecule has 0 bridgehead atoms. The molecule has 0 amide bonds. The lowest BCUT2D eigenvalue weighted by molar-refractivity contribution is 1.37. The number of benzene rings is 3. The second-order valence-corrected chi connectivity index (χ2v) is 5.35. The van der Waals surface area contributed by atoms with E-state index in [1.54, 1.807) is 7.05 Å². The van der Waals surface area contributed by atoms with Crippen molar-refractivity contribution >= 4 is 11.7 Å². The number of nitrogens with zero attached hydrogens (tertiary/aromatic N) is 2. The summed E-state index contributed by atoms with van der Waals surface area (Å²) in [6.45, 7) is 0. The van der Waals surface area contributed by atoms with E-state index in [4.69, 9.17) is 5.73 Å². The van der Waals surface area contributed by atoms with Crippen LogP contribution >= 0.6 is 0 Å². The standard InChI is InChI=1S/C21H19N3/c1-23-21(19-10-6-3-7-11-19)24-20(22)18-14-12-17(13-15-18)16-8-4-2-5-9-16/h2-15H,1H3,(H2,22,23,24). The predicted molar refractivity (Wildman–Crippen MR) is 102 cm³/mol. The first kappa shape index (κ1) is 15.7. The molecule has 0 fully saturated rings. The van der Waals surface area contributed by atoms with Gasteiger partial charge in [0.25, 0.3) is 0 Å². The highest BCUT2D eigenvalue weighted by Gasteiger charge is 2.04. The Hall–Kier alpha value is -3.20. The van der Waals surface area contributed by atoms with Gasteiger partial charge < -0.3 is 5.73 Å². The third-order valence-corrected chi connectivity index (χ3v) is 3.76. The topological polar surface area (TPSA) is 50.7 Å². The molecule has 3 aromatic rings. The molecule has 0 aliphatic carbocycles. The molecule has 2 N–H and O–H groups in total. The summed E-state index contributed by atoms with van der Waals surface area (Å²) in [5.41, 5.74) is 10.3. The van der Waals surface area contributed by atoms with Crippen LogP contribution in [0.25, 0.3) is 11.1 Å².